The van der Waals surface area contributed by atoms with Gasteiger partial charge in [-0.15, -0.1) is 0 Å². The minimum absolute atomic E-state index is 0.0648. The van der Waals surface area contributed by atoms with Gasteiger partial charge >= 0.3 is 5.97 Å². The van der Waals surface area contributed by atoms with Gasteiger partial charge in [0.2, 0.25) is 0 Å². The van der Waals surface area contributed by atoms with Gasteiger partial charge in [0, 0.05) is 12.7 Å². The van der Waals surface area contributed by atoms with E-state index >= 15 is 0 Å². The second-order valence-electron chi connectivity index (χ2n) is 3.86. The smallest absolute Gasteiger partial charge is 0.356 e. The summed E-state index contributed by atoms with van der Waals surface area (Å²) in [6.07, 6.45) is 3.82. The fraction of sp³-hybridized carbons (Fsp3) is 0.231. The summed E-state index contributed by atoms with van der Waals surface area (Å²) in [7, 11) is 1.64. The number of ether oxygens (including phenoxy) is 1. The van der Waals surface area contributed by atoms with Crippen molar-refractivity contribution in [1.29, 1.82) is 0 Å². The van der Waals surface area contributed by atoms with Gasteiger partial charge in [0.05, 0.1) is 13.4 Å². The molecule has 0 unspecified atom stereocenters. The van der Waals surface area contributed by atoms with Crippen molar-refractivity contribution in [2.24, 2.45) is 0 Å². The number of hydrogen-bond acceptors (Lipinski definition) is 3. The lowest BCUT2D eigenvalue weighted by molar-refractivity contribution is 0.0691. The molecule has 18 heavy (non-hydrogen) atoms. The Morgan fingerprint density at radius 1 is 1.44 bits per heavy atom. The van der Waals surface area contributed by atoms with Crippen molar-refractivity contribution in [3.05, 3.63) is 48.0 Å². The average molecular weight is 246 g/mol. The number of carboxylic acids is 1. The third-order valence-electron chi connectivity index (χ3n) is 2.68. The van der Waals surface area contributed by atoms with Crippen LogP contribution in [0.1, 0.15) is 16.1 Å². The molecule has 2 rings (SSSR count). The van der Waals surface area contributed by atoms with Gasteiger partial charge in [0.15, 0.2) is 5.69 Å². The fourth-order valence-electron chi connectivity index (χ4n) is 1.75. The minimum Gasteiger partial charge on any atom is -0.496 e. The van der Waals surface area contributed by atoms with E-state index in [1.165, 1.54) is 12.5 Å². The zero-order chi connectivity index (χ0) is 13.0. The molecule has 0 aliphatic rings. The maximum atomic E-state index is 10.7. The zero-order valence-corrected chi connectivity index (χ0v) is 10.0. The number of hydrogen-bond donors (Lipinski definition) is 1. The Kier molecular flexibility index (Phi) is 3.62. The molecule has 0 saturated carbocycles. The van der Waals surface area contributed by atoms with Crippen LogP contribution < -0.4 is 4.74 Å². The van der Waals surface area contributed by atoms with Crippen LogP contribution >= 0.6 is 0 Å². The third kappa shape index (κ3) is 2.68. The number of nitrogens with zero attached hydrogens (tertiary/aromatic N) is 2. The van der Waals surface area contributed by atoms with Crippen LogP contribution in [0.4, 0.5) is 0 Å². The van der Waals surface area contributed by atoms with Crippen LogP contribution in [0.2, 0.25) is 0 Å². The number of methoxy groups -OCH3 is 1. The normalized spacial score (nSPS) is 10.3. The number of carbonyl (C=O) groups is 1. The average Bonchev–Trinajstić information content (AvgIpc) is 2.85. The minimum atomic E-state index is -1.01. The SMILES string of the molecule is COc1ccccc1CCn1cnc(C(=O)O)c1. The maximum absolute atomic E-state index is 10.7. The number of rotatable bonds is 5. The van der Waals surface area contributed by atoms with E-state index < -0.39 is 5.97 Å². The summed E-state index contributed by atoms with van der Waals surface area (Å²) < 4.78 is 7.02. The van der Waals surface area contributed by atoms with Crippen molar-refractivity contribution in [2.75, 3.05) is 7.11 Å². The standard InChI is InChI=1S/C13H14N2O3/c1-18-12-5-3-2-4-10(12)6-7-15-8-11(13(16)17)14-9-15/h2-5,8-9H,6-7H2,1H3,(H,16,17). The number of aryl methyl sites for hydroxylation is 2. The summed E-state index contributed by atoms with van der Waals surface area (Å²) in [4.78, 5) is 14.5. The van der Waals surface area contributed by atoms with E-state index in [0.717, 1.165) is 17.7 Å². The Morgan fingerprint density at radius 3 is 2.89 bits per heavy atom. The molecule has 1 aromatic carbocycles. The maximum Gasteiger partial charge on any atom is 0.356 e. The molecule has 0 aliphatic heterocycles. The summed E-state index contributed by atoms with van der Waals surface area (Å²) in [5.41, 5.74) is 1.15. The largest absolute Gasteiger partial charge is 0.496 e. The lowest BCUT2D eigenvalue weighted by Gasteiger charge is -2.08. The molecule has 0 bridgehead atoms. The first-order chi connectivity index (χ1) is 8.70. The van der Waals surface area contributed by atoms with E-state index in [0.29, 0.717) is 6.54 Å². The predicted molar refractivity (Wildman–Crippen MR) is 65.9 cm³/mol. The highest BCUT2D eigenvalue weighted by molar-refractivity contribution is 5.84. The predicted octanol–water partition coefficient (Wildman–Crippen LogP) is 1.83. The van der Waals surface area contributed by atoms with Crippen molar-refractivity contribution in [1.82, 2.24) is 9.55 Å². The van der Waals surface area contributed by atoms with Gasteiger partial charge in [-0.1, -0.05) is 18.2 Å². The molecule has 0 amide bonds. The molecule has 1 N–H and O–H groups in total. The number of benzene rings is 1. The molecule has 2 aromatic rings. The van der Waals surface area contributed by atoms with Crippen LogP contribution in [-0.2, 0) is 13.0 Å². The molecule has 1 heterocycles. The van der Waals surface area contributed by atoms with E-state index in [1.54, 1.807) is 11.7 Å². The van der Waals surface area contributed by atoms with Crippen LogP contribution in [0.5, 0.6) is 5.75 Å². The van der Waals surface area contributed by atoms with Crippen molar-refractivity contribution in [3.8, 4) is 5.75 Å². The van der Waals surface area contributed by atoms with Crippen molar-refractivity contribution < 1.29 is 14.6 Å². The lowest BCUT2D eigenvalue weighted by Crippen LogP contribution is -2.01. The molecule has 1 aromatic heterocycles. The molecule has 0 radical (unpaired) electrons. The van der Waals surface area contributed by atoms with Crippen LogP contribution in [0, 0.1) is 0 Å². The third-order valence-corrected chi connectivity index (χ3v) is 2.68. The summed E-state index contributed by atoms with van der Waals surface area (Å²) in [5, 5.41) is 8.77. The molecule has 0 aliphatic carbocycles. The van der Waals surface area contributed by atoms with E-state index in [4.69, 9.17) is 9.84 Å². The molecule has 0 atom stereocenters. The Bertz CT molecular complexity index is 549. The molecule has 0 spiro atoms. The van der Waals surface area contributed by atoms with Crippen LogP contribution in [-0.4, -0.2) is 27.7 Å². The highest BCUT2D eigenvalue weighted by atomic mass is 16.5. The molecule has 5 heteroatoms. The number of aromatic carboxylic acids is 1. The van der Waals surface area contributed by atoms with E-state index in [9.17, 15) is 4.79 Å². The van der Waals surface area contributed by atoms with Gasteiger partial charge in [-0.05, 0) is 18.1 Å². The Morgan fingerprint density at radius 2 is 2.22 bits per heavy atom. The van der Waals surface area contributed by atoms with Crippen LogP contribution in [0.25, 0.3) is 0 Å². The fourth-order valence-corrected chi connectivity index (χ4v) is 1.75. The second-order valence-corrected chi connectivity index (χ2v) is 3.86. The summed E-state index contributed by atoms with van der Waals surface area (Å²) in [6, 6.07) is 7.77. The first-order valence-electron chi connectivity index (χ1n) is 5.57. The zero-order valence-electron chi connectivity index (χ0n) is 10.0. The van der Waals surface area contributed by atoms with E-state index in [-0.39, 0.29) is 5.69 Å². The molecule has 0 fully saturated rings. The lowest BCUT2D eigenvalue weighted by atomic mass is 10.1. The van der Waals surface area contributed by atoms with Crippen molar-refractivity contribution in [3.63, 3.8) is 0 Å². The highest BCUT2D eigenvalue weighted by Gasteiger charge is 2.07. The highest BCUT2D eigenvalue weighted by Crippen LogP contribution is 2.18. The van der Waals surface area contributed by atoms with Gasteiger partial charge in [-0.25, -0.2) is 9.78 Å². The van der Waals surface area contributed by atoms with Crippen LogP contribution in [0.15, 0.2) is 36.8 Å². The number of aromatic nitrogens is 2. The summed E-state index contributed by atoms with van der Waals surface area (Å²) in [6.45, 7) is 0.667. The molecule has 94 valence electrons. The molecular formula is C13H14N2O3. The van der Waals surface area contributed by atoms with Crippen molar-refractivity contribution in [2.45, 2.75) is 13.0 Å². The molecule has 5 nitrogen and oxygen atoms in total. The van der Waals surface area contributed by atoms with Gasteiger partial charge in [-0.2, -0.15) is 0 Å². The topological polar surface area (TPSA) is 64.4 Å². The van der Waals surface area contributed by atoms with E-state index in [2.05, 4.69) is 4.98 Å². The second kappa shape index (κ2) is 5.35. The Hall–Kier alpha value is -2.30. The van der Waals surface area contributed by atoms with E-state index in [1.807, 2.05) is 24.3 Å². The Balaban J connectivity index is 2.04. The van der Waals surface area contributed by atoms with Crippen LogP contribution in [0.3, 0.4) is 0 Å². The summed E-state index contributed by atoms with van der Waals surface area (Å²) in [5.74, 6) is -0.165. The summed E-state index contributed by atoms with van der Waals surface area (Å²) >= 11 is 0. The first-order valence-corrected chi connectivity index (χ1v) is 5.57. The van der Waals surface area contributed by atoms with Gasteiger partial charge in [-0.3, -0.25) is 0 Å². The molecule has 0 saturated heterocycles. The first kappa shape index (κ1) is 12.2. The number of carboxylic acid groups (broad SMARTS) is 1. The quantitative estimate of drug-likeness (QED) is 0.874. The van der Waals surface area contributed by atoms with Gasteiger partial charge in [0.1, 0.15) is 5.75 Å². The van der Waals surface area contributed by atoms with Crippen molar-refractivity contribution >= 4 is 5.97 Å². The monoisotopic (exact) mass is 246 g/mol. The van der Waals surface area contributed by atoms with Gasteiger partial charge < -0.3 is 14.4 Å². The Labute approximate surface area is 105 Å². The number of imidazole rings is 1. The molecular weight excluding hydrogens is 232 g/mol. The van der Waals surface area contributed by atoms with Gasteiger partial charge in [0.25, 0.3) is 0 Å². The number of para-hydroxylation sites is 1.